The standard InChI is InChI=1S/C17H18Cl2O2/c1-2-12-16(21,13-6-4-3-5-7-13)17(18,19)14-8-10-15(20)11-9-14/h3-11,20-21H,2,12H2,1H3. The van der Waals surface area contributed by atoms with E-state index < -0.39 is 9.93 Å². The van der Waals surface area contributed by atoms with E-state index in [0.29, 0.717) is 17.5 Å². The van der Waals surface area contributed by atoms with Crippen molar-refractivity contribution in [1.29, 1.82) is 0 Å². The van der Waals surface area contributed by atoms with E-state index in [1.54, 1.807) is 12.1 Å². The Labute approximate surface area is 135 Å². The van der Waals surface area contributed by atoms with E-state index in [-0.39, 0.29) is 5.75 Å². The second-order valence-corrected chi connectivity index (χ2v) is 6.42. The van der Waals surface area contributed by atoms with Gasteiger partial charge in [-0.15, -0.1) is 0 Å². The Bertz CT molecular complexity index is 581. The highest BCUT2D eigenvalue weighted by molar-refractivity contribution is 6.48. The number of aromatic hydroxyl groups is 1. The van der Waals surface area contributed by atoms with E-state index in [2.05, 4.69) is 0 Å². The Morgan fingerprint density at radius 1 is 0.905 bits per heavy atom. The number of alkyl halides is 2. The Kier molecular flexibility index (Phi) is 4.82. The molecule has 0 amide bonds. The zero-order valence-electron chi connectivity index (χ0n) is 11.8. The largest absolute Gasteiger partial charge is 0.508 e. The van der Waals surface area contributed by atoms with Gasteiger partial charge in [-0.25, -0.2) is 0 Å². The van der Waals surface area contributed by atoms with Gasteiger partial charge in [-0.1, -0.05) is 79.0 Å². The highest BCUT2D eigenvalue weighted by Gasteiger charge is 2.49. The van der Waals surface area contributed by atoms with Gasteiger partial charge in [-0.2, -0.15) is 0 Å². The quantitative estimate of drug-likeness (QED) is 0.782. The van der Waals surface area contributed by atoms with Crippen molar-refractivity contribution in [1.82, 2.24) is 0 Å². The molecule has 0 heterocycles. The summed E-state index contributed by atoms with van der Waals surface area (Å²) in [6, 6.07) is 15.5. The molecular weight excluding hydrogens is 307 g/mol. The van der Waals surface area contributed by atoms with Crippen LogP contribution in [0.1, 0.15) is 30.9 Å². The van der Waals surface area contributed by atoms with Crippen molar-refractivity contribution in [3.63, 3.8) is 0 Å². The molecule has 1 unspecified atom stereocenters. The summed E-state index contributed by atoms with van der Waals surface area (Å²) in [5.41, 5.74) is -0.198. The lowest BCUT2D eigenvalue weighted by atomic mass is 9.82. The molecule has 0 aliphatic carbocycles. The van der Waals surface area contributed by atoms with Crippen LogP contribution in [0, 0.1) is 0 Å². The zero-order valence-corrected chi connectivity index (χ0v) is 13.3. The van der Waals surface area contributed by atoms with Crippen LogP contribution in [-0.2, 0) is 9.93 Å². The van der Waals surface area contributed by atoms with Crippen LogP contribution in [0.2, 0.25) is 0 Å². The minimum Gasteiger partial charge on any atom is -0.508 e. The van der Waals surface area contributed by atoms with E-state index in [9.17, 15) is 10.2 Å². The maximum Gasteiger partial charge on any atom is 0.175 e. The highest BCUT2D eigenvalue weighted by Crippen LogP contribution is 2.51. The van der Waals surface area contributed by atoms with Crippen LogP contribution in [0.3, 0.4) is 0 Å². The Morgan fingerprint density at radius 3 is 2.00 bits per heavy atom. The van der Waals surface area contributed by atoms with E-state index in [4.69, 9.17) is 23.2 Å². The molecule has 0 fully saturated rings. The van der Waals surface area contributed by atoms with Crippen molar-refractivity contribution in [2.24, 2.45) is 0 Å². The smallest absolute Gasteiger partial charge is 0.175 e. The van der Waals surface area contributed by atoms with Crippen LogP contribution in [-0.4, -0.2) is 10.2 Å². The number of phenols is 1. The predicted octanol–water partition coefficient (Wildman–Crippen LogP) is 4.71. The molecule has 21 heavy (non-hydrogen) atoms. The van der Waals surface area contributed by atoms with E-state index >= 15 is 0 Å². The Morgan fingerprint density at radius 2 is 1.48 bits per heavy atom. The molecule has 0 saturated heterocycles. The van der Waals surface area contributed by atoms with Crippen molar-refractivity contribution in [3.8, 4) is 5.75 Å². The predicted molar refractivity (Wildman–Crippen MR) is 86.7 cm³/mol. The average Bonchev–Trinajstić information content (AvgIpc) is 2.48. The fraction of sp³-hybridized carbons (Fsp3) is 0.294. The van der Waals surface area contributed by atoms with Crippen molar-refractivity contribution in [2.75, 3.05) is 0 Å². The molecule has 2 nitrogen and oxygen atoms in total. The summed E-state index contributed by atoms with van der Waals surface area (Å²) in [5.74, 6) is 0.127. The van der Waals surface area contributed by atoms with Crippen LogP contribution in [0.25, 0.3) is 0 Å². The average molecular weight is 325 g/mol. The van der Waals surface area contributed by atoms with Gasteiger partial charge in [0.1, 0.15) is 11.4 Å². The maximum atomic E-state index is 11.2. The van der Waals surface area contributed by atoms with Crippen LogP contribution < -0.4 is 0 Å². The summed E-state index contributed by atoms with van der Waals surface area (Å²) >= 11 is 13.1. The first-order chi connectivity index (χ1) is 9.91. The molecule has 2 rings (SSSR count). The summed E-state index contributed by atoms with van der Waals surface area (Å²) < 4.78 is -1.52. The van der Waals surface area contributed by atoms with Crippen molar-refractivity contribution in [3.05, 3.63) is 65.7 Å². The summed E-state index contributed by atoms with van der Waals surface area (Å²) in [5, 5.41) is 20.6. The highest BCUT2D eigenvalue weighted by atomic mass is 35.5. The first-order valence-electron chi connectivity index (χ1n) is 6.87. The third-order valence-electron chi connectivity index (χ3n) is 3.61. The molecular formula is C17H18Cl2O2. The second-order valence-electron chi connectivity index (χ2n) is 5.10. The third kappa shape index (κ3) is 3.03. The Hall–Kier alpha value is -1.22. The van der Waals surface area contributed by atoms with Crippen molar-refractivity contribution in [2.45, 2.75) is 29.7 Å². The number of phenolic OH excluding ortho intramolecular Hbond substituents is 1. The van der Waals surface area contributed by atoms with Gasteiger partial charge < -0.3 is 10.2 Å². The first-order valence-corrected chi connectivity index (χ1v) is 7.62. The molecule has 0 aromatic heterocycles. The molecule has 1 atom stereocenters. The normalized spacial score (nSPS) is 14.7. The van der Waals surface area contributed by atoms with Gasteiger partial charge in [0.15, 0.2) is 4.33 Å². The van der Waals surface area contributed by atoms with Gasteiger partial charge in [0.05, 0.1) is 0 Å². The van der Waals surface area contributed by atoms with Crippen LogP contribution in [0.5, 0.6) is 5.75 Å². The van der Waals surface area contributed by atoms with Crippen molar-refractivity contribution >= 4 is 23.2 Å². The van der Waals surface area contributed by atoms with Gasteiger partial charge in [0.2, 0.25) is 0 Å². The lowest BCUT2D eigenvalue weighted by Crippen LogP contribution is -2.41. The van der Waals surface area contributed by atoms with Crippen LogP contribution in [0.15, 0.2) is 54.6 Å². The molecule has 0 aliphatic rings. The van der Waals surface area contributed by atoms with E-state index in [1.165, 1.54) is 12.1 Å². The number of benzene rings is 2. The number of halogens is 2. The van der Waals surface area contributed by atoms with Gasteiger partial charge >= 0.3 is 0 Å². The molecule has 0 aliphatic heterocycles. The molecule has 0 radical (unpaired) electrons. The number of hydrogen-bond donors (Lipinski definition) is 2. The fourth-order valence-corrected chi connectivity index (χ4v) is 3.13. The third-order valence-corrected chi connectivity index (χ3v) is 4.67. The van der Waals surface area contributed by atoms with Gasteiger partial charge in [0, 0.05) is 0 Å². The number of hydrogen-bond acceptors (Lipinski definition) is 2. The lowest BCUT2D eigenvalue weighted by Gasteiger charge is -2.39. The SMILES string of the molecule is CCCC(O)(c1ccccc1)C(Cl)(Cl)c1ccc(O)cc1. The van der Waals surface area contributed by atoms with Gasteiger partial charge in [-0.3, -0.25) is 0 Å². The molecule has 0 saturated carbocycles. The molecule has 4 heteroatoms. The minimum atomic E-state index is -1.52. The Balaban J connectivity index is 2.52. The topological polar surface area (TPSA) is 40.5 Å². The van der Waals surface area contributed by atoms with E-state index in [1.807, 2.05) is 37.3 Å². The molecule has 0 spiro atoms. The van der Waals surface area contributed by atoms with Crippen molar-refractivity contribution < 1.29 is 10.2 Å². The number of rotatable bonds is 5. The fourth-order valence-electron chi connectivity index (χ4n) is 2.47. The summed E-state index contributed by atoms with van der Waals surface area (Å²) in [7, 11) is 0. The summed E-state index contributed by atoms with van der Waals surface area (Å²) in [4.78, 5) is 0. The zero-order chi connectivity index (χ0) is 15.5. The molecule has 2 N–H and O–H groups in total. The van der Waals surface area contributed by atoms with Gasteiger partial charge in [0.25, 0.3) is 0 Å². The first kappa shape index (κ1) is 16.2. The maximum absolute atomic E-state index is 11.2. The minimum absolute atomic E-state index is 0.127. The molecule has 2 aromatic rings. The molecule has 2 aromatic carbocycles. The monoisotopic (exact) mass is 324 g/mol. The second kappa shape index (κ2) is 6.27. The number of aliphatic hydroxyl groups is 1. The summed E-state index contributed by atoms with van der Waals surface area (Å²) in [6.07, 6.45) is 1.15. The lowest BCUT2D eigenvalue weighted by molar-refractivity contribution is 0.00757. The van der Waals surface area contributed by atoms with E-state index in [0.717, 1.165) is 6.42 Å². The molecule has 0 bridgehead atoms. The summed E-state index contributed by atoms with van der Waals surface area (Å²) in [6.45, 7) is 1.97. The van der Waals surface area contributed by atoms with Gasteiger partial charge in [-0.05, 0) is 29.7 Å². The molecule has 112 valence electrons. The van der Waals surface area contributed by atoms with Crippen LogP contribution >= 0.6 is 23.2 Å². The van der Waals surface area contributed by atoms with Crippen LogP contribution in [0.4, 0.5) is 0 Å².